The van der Waals surface area contributed by atoms with Crippen LogP contribution in [-0.2, 0) is 6.42 Å². The van der Waals surface area contributed by atoms with Crippen molar-refractivity contribution >= 4 is 16.7 Å². The van der Waals surface area contributed by atoms with E-state index in [1.54, 1.807) is 7.11 Å². The van der Waals surface area contributed by atoms with Gasteiger partial charge in [0.2, 0.25) is 5.13 Å². The molecule has 4 nitrogen and oxygen atoms in total. The van der Waals surface area contributed by atoms with Gasteiger partial charge in [-0.2, -0.15) is 4.37 Å². The van der Waals surface area contributed by atoms with Crippen molar-refractivity contribution in [2.45, 2.75) is 25.3 Å². The molecule has 1 saturated carbocycles. The van der Waals surface area contributed by atoms with Crippen molar-refractivity contribution in [2.24, 2.45) is 0 Å². The van der Waals surface area contributed by atoms with Gasteiger partial charge in [-0.3, -0.25) is 0 Å². The standard InChI is InChI=1S/C13H15N3OS/c1-17-11-6-2-9(3-7-11)8-12-15-13(18-16-12)14-10-4-5-10/h2-3,6-7,10H,4-5,8H2,1H3,(H,14,15,16). The second kappa shape index (κ2) is 4.94. The fraction of sp³-hybridized carbons (Fsp3) is 0.385. The van der Waals surface area contributed by atoms with Crippen LogP contribution < -0.4 is 10.1 Å². The Morgan fingerprint density at radius 2 is 2.11 bits per heavy atom. The molecule has 1 aliphatic rings. The summed E-state index contributed by atoms with van der Waals surface area (Å²) in [6, 6.07) is 8.66. The number of aromatic nitrogens is 2. The van der Waals surface area contributed by atoms with Gasteiger partial charge in [0.15, 0.2) is 0 Å². The van der Waals surface area contributed by atoms with E-state index in [2.05, 4.69) is 14.7 Å². The van der Waals surface area contributed by atoms with E-state index in [4.69, 9.17) is 4.74 Å². The molecule has 0 atom stereocenters. The number of benzene rings is 1. The smallest absolute Gasteiger partial charge is 0.202 e. The Morgan fingerprint density at radius 3 is 2.78 bits per heavy atom. The highest BCUT2D eigenvalue weighted by Crippen LogP contribution is 2.25. The minimum absolute atomic E-state index is 0.631. The van der Waals surface area contributed by atoms with Crippen LogP contribution in [-0.4, -0.2) is 22.5 Å². The second-order valence-electron chi connectivity index (χ2n) is 4.46. The normalized spacial score (nSPS) is 14.5. The first-order valence-corrected chi connectivity index (χ1v) is 6.83. The second-order valence-corrected chi connectivity index (χ2v) is 5.21. The molecule has 18 heavy (non-hydrogen) atoms. The zero-order valence-electron chi connectivity index (χ0n) is 10.2. The highest BCUT2D eigenvalue weighted by Gasteiger charge is 2.22. The number of methoxy groups -OCH3 is 1. The Morgan fingerprint density at radius 1 is 1.33 bits per heavy atom. The molecule has 0 saturated heterocycles. The maximum absolute atomic E-state index is 5.13. The third-order valence-corrected chi connectivity index (χ3v) is 3.58. The Balaban J connectivity index is 1.64. The lowest BCUT2D eigenvalue weighted by Crippen LogP contribution is -2.00. The van der Waals surface area contributed by atoms with E-state index in [0.717, 1.165) is 23.1 Å². The lowest BCUT2D eigenvalue weighted by molar-refractivity contribution is 0.414. The van der Waals surface area contributed by atoms with Gasteiger partial charge in [0.1, 0.15) is 11.6 Å². The average molecular weight is 261 g/mol. The number of hydrogen-bond acceptors (Lipinski definition) is 5. The molecule has 2 aromatic rings. The molecule has 1 fully saturated rings. The third-order valence-electron chi connectivity index (χ3n) is 2.89. The SMILES string of the molecule is COc1ccc(Cc2nsc(NC3CC3)n2)cc1. The van der Waals surface area contributed by atoms with E-state index in [1.807, 2.05) is 24.3 Å². The van der Waals surface area contributed by atoms with Gasteiger partial charge < -0.3 is 10.1 Å². The molecule has 0 unspecified atom stereocenters. The van der Waals surface area contributed by atoms with Crippen LogP contribution in [0.3, 0.4) is 0 Å². The van der Waals surface area contributed by atoms with Gasteiger partial charge in [-0.05, 0) is 30.5 Å². The van der Waals surface area contributed by atoms with Crippen molar-refractivity contribution in [3.63, 3.8) is 0 Å². The number of anilines is 1. The molecule has 0 bridgehead atoms. The lowest BCUT2D eigenvalue weighted by atomic mass is 10.1. The molecule has 1 N–H and O–H groups in total. The van der Waals surface area contributed by atoms with E-state index in [9.17, 15) is 0 Å². The molecule has 3 rings (SSSR count). The summed E-state index contributed by atoms with van der Waals surface area (Å²) in [6.45, 7) is 0. The molecule has 94 valence electrons. The number of rotatable bonds is 5. The predicted molar refractivity (Wildman–Crippen MR) is 72.4 cm³/mol. The molecule has 0 radical (unpaired) electrons. The number of nitrogens with one attached hydrogen (secondary N) is 1. The molecular weight excluding hydrogens is 246 g/mol. The Bertz CT molecular complexity index is 519. The van der Waals surface area contributed by atoms with Gasteiger partial charge in [-0.1, -0.05) is 12.1 Å². The van der Waals surface area contributed by atoms with E-state index >= 15 is 0 Å². The monoisotopic (exact) mass is 261 g/mol. The fourth-order valence-corrected chi connectivity index (χ4v) is 2.38. The zero-order chi connectivity index (χ0) is 12.4. The maximum Gasteiger partial charge on any atom is 0.202 e. The van der Waals surface area contributed by atoms with Crippen molar-refractivity contribution in [1.29, 1.82) is 0 Å². The van der Waals surface area contributed by atoms with Crippen molar-refractivity contribution in [3.05, 3.63) is 35.7 Å². The highest BCUT2D eigenvalue weighted by atomic mass is 32.1. The minimum Gasteiger partial charge on any atom is -0.497 e. The molecule has 1 aromatic heterocycles. The summed E-state index contributed by atoms with van der Waals surface area (Å²) in [4.78, 5) is 4.49. The summed E-state index contributed by atoms with van der Waals surface area (Å²) in [5, 5.41) is 4.31. The summed E-state index contributed by atoms with van der Waals surface area (Å²) in [5.41, 5.74) is 1.20. The van der Waals surface area contributed by atoms with Crippen LogP contribution >= 0.6 is 11.5 Å². The molecule has 0 amide bonds. The summed E-state index contributed by atoms with van der Waals surface area (Å²) in [7, 11) is 1.67. The van der Waals surface area contributed by atoms with Gasteiger partial charge in [0.05, 0.1) is 7.11 Å². The van der Waals surface area contributed by atoms with Crippen LogP contribution in [0.15, 0.2) is 24.3 Å². The number of hydrogen-bond donors (Lipinski definition) is 1. The summed E-state index contributed by atoms with van der Waals surface area (Å²) in [5.74, 6) is 1.76. The van der Waals surface area contributed by atoms with E-state index < -0.39 is 0 Å². The van der Waals surface area contributed by atoms with Gasteiger partial charge in [0.25, 0.3) is 0 Å². The van der Waals surface area contributed by atoms with Crippen molar-refractivity contribution in [3.8, 4) is 5.75 Å². The van der Waals surface area contributed by atoms with Gasteiger partial charge >= 0.3 is 0 Å². The van der Waals surface area contributed by atoms with E-state index in [1.165, 1.54) is 29.9 Å². The van der Waals surface area contributed by atoms with Crippen LogP contribution in [0.25, 0.3) is 0 Å². The quantitative estimate of drug-likeness (QED) is 0.899. The minimum atomic E-state index is 0.631. The fourth-order valence-electron chi connectivity index (χ4n) is 1.71. The van der Waals surface area contributed by atoms with E-state index in [-0.39, 0.29) is 0 Å². The molecule has 1 heterocycles. The predicted octanol–water partition coefficient (Wildman–Crippen LogP) is 2.71. The van der Waals surface area contributed by atoms with Crippen LogP contribution in [0.4, 0.5) is 5.13 Å². The first kappa shape index (κ1) is 11.5. The summed E-state index contributed by atoms with van der Waals surface area (Å²) < 4.78 is 9.51. The third kappa shape index (κ3) is 2.79. The molecule has 5 heteroatoms. The molecular formula is C13H15N3OS. The molecule has 0 spiro atoms. The van der Waals surface area contributed by atoms with Gasteiger partial charge in [-0.15, -0.1) is 0 Å². The zero-order valence-corrected chi connectivity index (χ0v) is 11.0. The van der Waals surface area contributed by atoms with Crippen molar-refractivity contribution in [1.82, 2.24) is 9.36 Å². The first-order valence-electron chi connectivity index (χ1n) is 6.05. The summed E-state index contributed by atoms with van der Waals surface area (Å²) in [6.07, 6.45) is 3.29. The Labute approximate surface area is 110 Å². The largest absolute Gasteiger partial charge is 0.497 e. The molecule has 0 aliphatic heterocycles. The van der Waals surface area contributed by atoms with Crippen molar-refractivity contribution < 1.29 is 4.74 Å². The first-order chi connectivity index (χ1) is 8.83. The number of ether oxygens (including phenoxy) is 1. The maximum atomic E-state index is 5.13. The van der Waals surface area contributed by atoms with Crippen LogP contribution in [0.1, 0.15) is 24.2 Å². The Kier molecular flexibility index (Phi) is 3.15. The molecule has 1 aromatic carbocycles. The Hall–Kier alpha value is -1.62. The van der Waals surface area contributed by atoms with Crippen LogP contribution in [0.2, 0.25) is 0 Å². The van der Waals surface area contributed by atoms with Gasteiger partial charge in [0, 0.05) is 24.0 Å². The van der Waals surface area contributed by atoms with Gasteiger partial charge in [-0.25, -0.2) is 4.98 Å². The van der Waals surface area contributed by atoms with E-state index in [0.29, 0.717) is 6.04 Å². The topological polar surface area (TPSA) is 47.0 Å². The molecule has 1 aliphatic carbocycles. The average Bonchev–Trinajstić information content (AvgIpc) is 3.10. The summed E-state index contributed by atoms with van der Waals surface area (Å²) >= 11 is 1.45. The van der Waals surface area contributed by atoms with Crippen LogP contribution in [0.5, 0.6) is 5.75 Å². The lowest BCUT2D eigenvalue weighted by Gasteiger charge is -2.01. The number of nitrogens with zero attached hydrogens (tertiary/aromatic N) is 2. The highest BCUT2D eigenvalue weighted by molar-refractivity contribution is 7.09. The van der Waals surface area contributed by atoms with Crippen molar-refractivity contribution in [2.75, 3.05) is 12.4 Å². The van der Waals surface area contributed by atoms with Crippen LogP contribution in [0, 0.1) is 0 Å².